The molecule has 1 N–H and O–H groups in total. The molecule has 1 aromatic rings. The molecule has 0 saturated carbocycles. The average molecular weight is 332 g/mol. The highest BCUT2D eigenvalue weighted by molar-refractivity contribution is 5.80. The van der Waals surface area contributed by atoms with Gasteiger partial charge in [0, 0.05) is 38.1 Å². The second kappa shape index (κ2) is 8.56. The van der Waals surface area contributed by atoms with Gasteiger partial charge in [-0.25, -0.2) is 0 Å². The predicted octanol–water partition coefficient (Wildman–Crippen LogP) is 2.74. The Bertz CT molecular complexity index is 507. The first-order valence-corrected chi connectivity index (χ1v) is 9.58. The van der Waals surface area contributed by atoms with Gasteiger partial charge in [0.2, 0.25) is 0 Å². The van der Waals surface area contributed by atoms with Crippen molar-refractivity contribution in [2.75, 3.05) is 32.7 Å². The van der Waals surface area contributed by atoms with Crippen molar-refractivity contribution in [1.29, 1.82) is 0 Å². The maximum absolute atomic E-state index is 5.42. The lowest BCUT2D eigenvalue weighted by atomic mass is 10.2. The summed E-state index contributed by atoms with van der Waals surface area (Å²) < 4.78 is 5.42. The highest BCUT2D eigenvalue weighted by Gasteiger charge is 2.30. The van der Waals surface area contributed by atoms with E-state index in [0.717, 1.165) is 44.2 Å². The Labute approximate surface area is 146 Å². The van der Waals surface area contributed by atoms with Crippen molar-refractivity contribution in [3.63, 3.8) is 0 Å². The molecule has 3 rings (SSSR count). The summed E-state index contributed by atoms with van der Waals surface area (Å²) in [6.45, 7) is 10.0. The molecule has 5 heteroatoms. The Morgan fingerprint density at radius 3 is 2.92 bits per heavy atom. The molecule has 1 aromatic heterocycles. The molecule has 0 amide bonds. The summed E-state index contributed by atoms with van der Waals surface area (Å²) in [6, 6.07) is 5.13. The second-order valence-electron chi connectivity index (χ2n) is 7.12. The molecule has 3 heterocycles. The van der Waals surface area contributed by atoms with Crippen LogP contribution in [0.5, 0.6) is 0 Å². The van der Waals surface area contributed by atoms with Crippen molar-refractivity contribution in [3.8, 4) is 0 Å². The summed E-state index contributed by atoms with van der Waals surface area (Å²) in [5.41, 5.74) is 0. The fraction of sp³-hybridized carbons (Fsp3) is 0.737. The summed E-state index contributed by atoms with van der Waals surface area (Å²) in [5, 5.41) is 3.63. The van der Waals surface area contributed by atoms with Gasteiger partial charge in [-0.05, 0) is 57.8 Å². The molecule has 2 aliphatic rings. The Balaban J connectivity index is 1.58. The number of nitrogens with zero attached hydrogens (tertiary/aromatic N) is 3. The molecule has 2 atom stereocenters. The topological polar surface area (TPSA) is 44.0 Å². The van der Waals surface area contributed by atoms with Crippen LogP contribution >= 0.6 is 0 Å². The minimum absolute atomic E-state index is 0.457. The van der Waals surface area contributed by atoms with E-state index in [0.29, 0.717) is 12.1 Å². The molecule has 2 saturated heterocycles. The van der Waals surface area contributed by atoms with Crippen molar-refractivity contribution < 1.29 is 4.42 Å². The maximum Gasteiger partial charge on any atom is 0.194 e. The van der Waals surface area contributed by atoms with Gasteiger partial charge in [0.1, 0.15) is 5.76 Å². The largest absolute Gasteiger partial charge is 0.469 e. The van der Waals surface area contributed by atoms with E-state index in [1.54, 1.807) is 6.26 Å². The van der Waals surface area contributed by atoms with E-state index in [1.807, 2.05) is 12.1 Å². The molecule has 0 aliphatic carbocycles. The first-order valence-electron chi connectivity index (χ1n) is 9.58. The van der Waals surface area contributed by atoms with Gasteiger partial charge in [0.15, 0.2) is 5.96 Å². The van der Waals surface area contributed by atoms with Crippen LogP contribution in [0.1, 0.15) is 45.3 Å². The molecule has 0 aromatic carbocycles. The number of nitrogens with one attached hydrogen (secondary N) is 1. The molecule has 2 fully saturated rings. The molecular formula is C19H32N4O. The molecule has 2 aliphatic heterocycles. The van der Waals surface area contributed by atoms with Crippen LogP contribution < -0.4 is 5.32 Å². The van der Waals surface area contributed by atoms with E-state index < -0.39 is 0 Å². The Morgan fingerprint density at radius 2 is 2.21 bits per heavy atom. The minimum Gasteiger partial charge on any atom is -0.469 e. The molecular weight excluding hydrogens is 300 g/mol. The van der Waals surface area contributed by atoms with Crippen molar-refractivity contribution in [2.45, 2.75) is 58.0 Å². The van der Waals surface area contributed by atoms with E-state index in [2.05, 4.69) is 29.0 Å². The third-order valence-electron chi connectivity index (χ3n) is 5.31. The summed E-state index contributed by atoms with van der Waals surface area (Å²) in [4.78, 5) is 10.0. The standard InChI is InChI=1S/C19H32N4O/c1-3-16(2)21-19(20-10-8-18-7-6-14-24-18)23-13-9-17(15-23)22-11-4-5-12-22/h6-7,14,16-17H,3-5,8-13,15H2,1-2H3,(H,20,21). The van der Waals surface area contributed by atoms with E-state index in [4.69, 9.17) is 9.41 Å². The number of hydrogen-bond acceptors (Lipinski definition) is 3. The van der Waals surface area contributed by atoms with Gasteiger partial charge in [0.25, 0.3) is 0 Å². The zero-order chi connectivity index (χ0) is 16.8. The lowest BCUT2D eigenvalue weighted by molar-refractivity contribution is 0.249. The third-order valence-corrected chi connectivity index (χ3v) is 5.31. The maximum atomic E-state index is 5.42. The normalized spacial score (nSPS) is 23.8. The SMILES string of the molecule is CCC(C)NC(=NCCc1ccco1)N1CCC(N2CCCC2)C1. The number of furan rings is 1. The Hall–Kier alpha value is -1.49. The lowest BCUT2D eigenvalue weighted by Crippen LogP contribution is -2.45. The quantitative estimate of drug-likeness (QED) is 0.643. The van der Waals surface area contributed by atoms with Gasteiger partial charge in [-0.2, -0.15) is 0 Å². The fourth-order valence-electron chi connectivity index (χ4n) is 3.63. The van der Waals surface area contributed by atoms with Crippen LogP contribution in [-0.4, -0.2) is 60.6 Å². The van der Waals surface area contributed by atoms with Crippen molar-refractivity contribution in [1.82, 2.24) is 15.1 Å². The van der Waals surface area contributed by atoms with Gasteiger partial charge in [-0.1, -0.05) is 6.92 Å². The van der Waals surface area contributed by atoms with Crippen LogP contribution in [0.3, 0.4) is 0 Å². The third kappa shape index (κ3) is 4.53. The van der Waals surface area contributed by atoms with Gasteiger partial charge >= 0.3 is 0 Å². The van der Waals surface area contributed by atoms with Crippen LogP contribution in [0.25, 0.3) is 0 Å². The summed E-state index contributed by atoms with van der Waals surface area (Å²) >= 11 is 0. The predicted molar refractivity (Wildman–Crippen MR) is 98.4 cm³/mol. The Morgan fingerprint density at radius 1 is 1.38 bits per heavy atom. The van der Waals surface area contributed by atoms with Gasteiger partial charge in [-0.15, -0.1) is 0 Å². The molecule has 134 valence electrons. The molecule has 0 bridgehead atoms. The van der Waals surface area contributed by atoms with Gasteiger partial charge < -0.3 is 14.6 Å². The van der Waals surface area contributed by atoms with Crippen LogP contribution in [0.15, 0.2) is 27.8 Å². The first-order chi connectivity index (χ1) is 11.8. The number of aliphatic imine (C=N–C) groups is 1. The number of rotatable bonds is 6. The summed E-state index contributed by atoms with van der Waals surface area (Å²) in [5.74, 6) is 2.09. The molecule has 2 unspecified atom stereocenters. The number of guanidine groups is 1. The highest BCUT2D eigenvalue weighted by Crippen LogP contribution is 2.20. The highest BCUT2D eigenvalue weighted by atomic mass is 16.3. The van der Waals surface area contributed by atoms with Crippen LogP contribution in [0, 0.1) is 0 Å². The van der Waals surface area contributed by atoms with E-state index >= 15 is 0 Å². The van der Waals surface area contributed by atoms with Crippen LogP contribution in [0.2, 0.25) is 0 Å². The fourth-order valence-corrected chi connectivity index (χ4v) is 3.63. The van der Waals surface area contributed by atoms with Crippen LogP contribution in [-0.2, 0) is 6.42 Å². The minimum atomic E-state index is 0.457. The summed E-state index contributed by atoms with van der Waals surface area (Å²) in [7, 11) is 0. The first kappa shape index (κ1) is 17.3. The molecule has 0 radical (unpaired) electrons. The molecule has 5 nitrogen and oxygen atoms in total. The summed E-state index contributed by atoms with van der Waals surface area (Å²) in [6.07, 6.45) is 7.71. The Kier molecular flexibility index (Phi) is 6.18. The van der Waals surface area contributed by atoms with E-state index in [9.17, 15) is 0 Å². The zero-order valence-electron chi connectivity index (χ0n) is 15.2. The van der Waals surface area contributed by atoms with Crippen molar-refractivity contribution >= 4 is 5.96 Å². The smallest absolute Gasteiger partial charge is 0.194 e. The van der Waals surface area contributed by atoms with E-state index in [1.165, 1.54) is 32.4 Å². The van der Waals surface area contributed by atoms with E-state index in [-0.39, 0.29) is 0 Å². The van der Waals surface area contributed by atoms with Gasteiger partial charge in [-0.3, -0.25) is 9.89 Å². The lowest BCUT2D eigenvalue weighted by Gasteiger charge is -2.27. The second-order valence-corrected chi connectivity index (χ2v) is 7.12. The molecule has 24 heavy (non-hydrogen) atoms. The zero-order valence-corrected chi connectivity index (χ0v) is 15.2. The van der Waals surface area contributed by atoms with Gasteiger partial charge in [0.05, 0.1) is 6.26 Å². The van der Waals surface area contributed by atoms with Crippen molar-refractivity contribution in [2.24, 2.45) is 4.99 Å². The van der Waals surface area contributed by atoms with Crippen LogP contribution in [0.4, 0.5) is 0 Å². The number of hydrogen-bond donors (Lipinski definition) is 1. The molecule has 0 spiro atoms. The average Bonchev–Trinajstić information content (AvgIpc) is 3.34. The monoisotopic (exact) mass is 332 g/mol. The van der Waals surface area contributed by atoms with Crippen molar-refractivity contribution in [3.05, 3.63) is 24.2 Å². The number of likely N-dealkylation sites (tertiary alicyclic amines) is 2.